The van der Waals surface area contributed by atoms with E-state index in [1.54, 1.807) is 7.11 Å². The van der Waals surface area contributed by atoms with Gasteiger partial charge >= 0.3 is 5.97 Å². The molecule has 0 aliphatic heterocycles. The van der Waals surface area contributed by atoms with Crippen LogP contribution in [0.2, 0.25) is 0 Å². The molecule has 5 heteroatoms. The molecule has 0 bridgehead atoms. The van der Waals surface area contributed by atoms with Gasteiger partial charge in [0, 0.05) is 19.8 Å². The molecule has 2 unspecified atom stereocenters. The van der Waals surface area contributed by atoms with Gasteiger partial charge in [-0.1, -0.05) is 13.8 Å². The fourth-order valence-electron chi connectivity index (χ4n) is 1.58. The molecule has 0 aromatic carbocycles. The summed E-state index contributed by atoms with van der Waals surface area (Å²) in [7, 11) is 1.64. The monoisotopic (exact) mass is 261 g/mol. The molecule has 0 aromatic rings. The van der Waals surface area contributed by atoms with E-state index in [9.17, 15) is 4.79 Å². The molecule has 0 saturated carbocycles. The normalized spacial score (nSPS) is 14.6. The van der Waals surface area contributed by atoms with Crippen molar-refractivity contribution in [3.63, 3.8) is 0 Å². The highest BCUT2D eigenvalue weighted by Crippen LogP contribution is 2.01. The minimum Gasteiger partial charge on any atom is -0.465 e. The molecule has 0 fully saturated rings. The second-order valence-corrected chi connectivity index (χ2v) is 4.55. The summed E-state index contributed by atoms with van der Waals surface area (Å²) in [4.78, 5) is 11.7. The van der Waals surface area contributed by atoms with Gasteiger partial charge in [-0.15, -0.1) is 0 Å². The molecule has 0 radical (unpaired) electrons. The molecule has 2 atom stereocenters. The largest absolute Gasteiger partial charge is 0.465 e. The van der Waals surface area contributed by atoms with E-state index in [1.165, 1.54) is 0 Å². The van der Waals surface area contributed by atoms with Gasteiger partial charge in [0.1, 0.15) is 6.04 Å². The Morgan fingerprint density at radius 1 is 1.28 bits per heavy atom. The Morgan fingerprint density at radius 2 is 1.94 bits per heavy atom. The molecule has 0 saturated heterocycles. The van der Waals surface area contributed by atoms with Crippen molar-refractivity contribution in [2.24, 2.45) is 0 Å². The Bertz CT molecular complexity index is 221. The van der Waals surface area contributed by atoms with Crippen molar-refractivity contribution in [3.8, 4) is 0 Å². The molecule has 0 heterocycles. The zero-order chi connectivity index (χ0) is 14.0. The van der Waals surface area contributed by atoms with Crippen molar-refractivity contribution in [1.29, 1.82) is 0 Å². The highest BCUT2D eigenvalue weighted by Gasteiger charge is 2.20. The van der Waals surface area contributed by atoms with Crippen LogP contribution in [0.5, 0.6) is 0 Å². The lowest BCUT2D eigenvalue weighted by molar-refractivity contribution is -0.146. The average Bonchev–Trinajstić information content (AvgIpc) is 2.28. The molecule has 18 heavy (non-hydrogen) atoms. The van der Waals surface area contributed by atoms with Crippen LogP contribution in [0.4, 0.5) is 0 Å². The Labute approximate surface area is 110 Å². The van der Waals surface area contributed by atoms with Gasteiger partial charge in [0.05, 0.1) is 19.3 Å². The van der Waals surface area contributed by atoms with Gasteiger partial charge in [-0.05, 0) is 20.3 Å². The van der Waals surface area contributed by atoms with Gasteiger partial charge in [0.25, 0.3) is 0 Å². The predicted molar refractivity (Wildman–Crippen MR) is 70.6 cm³/mol. The molecule has 108 valence electrons. The van der Waals surface area contributed by atoms with E-state index < -0.39 is 0 Å². The van der Waals surface area contributed by atoms with E-state index in [2.05, 4.69) is 5.32 Å². The quantitative estimate of drug-likeness (QED) is 0.602. The molecule has 0 spiro atoms. The van der Waals surface area contributed by atoms with Gasteiger partial charge < -0.3 is 19.5 Å². The summed E-state index contributed by atoms with van der Waals surface area (Å²) >= 11 is 0. The van der Waals surface area contributed by atoms with Crippen molar-refractivity contribution in [1.82, 2.24) is 5.32 Å². The third-order valence-electron chi connectivity index (χ3n) is 2.32. The van der Waals surface area contributed by atoms with Crippen LogP contribution in [0, 0.1) is 0 Å². The number of esters is 1. The first kappa shape index (κ1) is 17.4. The summed E-state index contributed by atoms with van der Waals surface area (Å²) in [5.41, 5.74) is 0. The molecule has 0 amide bonds. The van der Waals surface area contributed by atoms with Crippen LogP contribution in [0.3, 0.4) is 0 Å². The number of rotatable bonds is 10. The molecular weight excluding hydrogens is 234 g/mol. The minimum absolute atomic E-state index is 0.0388. The minimum atomic E-state index is -0.306. The summed E-state index contributed by atoms with van der Waals surface area (Å²) < 4.78 is 15.6. The third kappa shape index (κ3) is 8.44. The first-order valence-electron chi connectivity index (χ1n) is 6.54. The van der Waals surface area contributed by atoms with Crippen LogP contribution in [0.25, 0.3) is 0 Å². The van der Waals surface area contributed by atoms with Gasteiger partial charge in [-0.25, -0.2) is 0 Å². The fraction of sp³-hybridized carbons (Fsp3) is 0.923. The van der Waals surface area contributed by atoms with Crippen LogP contribution in [-0.4, -0.2) is 51.1 Å². The standard InChI is InChI=1S/C13H27NO4/c1-6-17-13(15)12(14-10(2)3)7-8-18-11(4)9-16-5/h10-12,14H,6-9H2,1-5H3. The second kappa shape index (κ2) is 10.3. The van der Waals surface area contributed by atoms with Gasteiger partial charge in [0.15, 0.2) is 0 Å². The smallest absolute Gasteiger partial charge is 0.323 e. The first-order valence-corrected chi connectivity index (χ1v) is 6.54. The Morgan fingerprint density at radius 3 is 2.44 bits per heavy atom. The summed E-state index contributed by atoms with van der Waals surface area (Å²) in [6.07, 6.45) is 0.641. The maximum atomic E-state index is 11.7. The van der Waals surface area contributed by atoms with E-state index in [1.807, 2.05) is 27.7 Å². The van der Waals surface area contributed by atoms with Crippen molar-refractivity contribution >= 4 is 5.97 Å². The van der Waals surface area contributed by atoms with Crippen molar-refractivity contribution in [3.05, 3.63) is 0 Å². The van der Waals surface area contributed by atoms with Gasteiger partial charge in [-0.2, -0.15) is 0 Å². The van der Waals surface area contributed by atoms with Crippen LogP contribution >= 0.6 is 0 Å². The van der Waals surface area contributed by atoms with Gasteiger partial charge in [-0.3, -0.25) is 4.79 Å². The predicted octanol–water partition coefficient (Wildman–Crippen LogP) is 1.36. The van der Waals surface area contributed by atoms with E-state index in [-0.39, 0.29) is 24.2 Å². The maximum absolute atomic E-state index is 11.7. The van der Waals surface area contributed by atoms with Gasteiger partial charge in [0.2, 0.25) is 0 Å². The molecule has 0 rings (SSSR count). The fourth-order valence-corrected chi connectivity index (χ4v) is 1.58. The topological polar surface area (TPSA) is 56.8 Å². The zero-order valence-electron chi connectivity index (χ0n) is 12.2. The second-order valence-electron chi connectivity index (χ2n) is 4.55. The van der Waals surface area contributed by atoms with E-state index in [0.29, 0.717) is 26.2 Å². The van der Waals surface area contributed by atoms with Crippen molar-refractivity contribution < 1.29 is 19.0 Å². The average molecular weight is 261 g/mol. The Kier molecular flexibility index (Phi) is 9.92. The van der Waals surface area contributed by atoms with E-state index in [4.69, 9.17) is 14.2 Å². The third-order valence-corrected chi connectivity index (χ3v) is 2.32. The highest BCUT2D eigenvalue weighted by atomic mass is 16.5. The van der Waals surface area contributed by atoms with Crippen molar-refractivity contribution in [2.45, 2.75) is 52.3 Å². The number of ether oxygens (including phenoxy) is 3. The lowest BCUT2D eigenvalue weighted by Crippen LogP contribution is -2.42. The number of carbonyl (C=O) groups is 1. The summed E-state index contributed by atoms with van der Waals surface area (Å²) in [6, 6.07) is -0.0736. The molecule has 5 nitrogen and oxygen atoms in total. The summed E-state index contributed by atoms with van der Waals surface area (Å²) in [5.74, 6) is -0.214. The Hall–Kier alpha value is -0.650. The first-order chi connectivity index (χ1) is 8.51. The zero-order valence-corrected chi connectivity index (χ0v) is 12.2. The summed E-state index contributed by atoms with van der Waals surface area (Å²) in [6.45, 7) is 9.22. The molecule has 0 aliphatic carbocycles. The molecule has 1 N–H and O–H groups in total. The molecular formula is C13H27NO4. The van der Waals surface area contributed by atoms with Crippen LogP contribution < -0.4 is 5.32 Å². The molecule has 0 aromatic heterocycles. The number of hydrogen-bond acceptors (Lipinski definition) is 5. The molecule has 0 aliphatic rings. The highest BCUT2D eigenvalue weighted by molar-refractivity contribution is 5.75. The van der Waals surface area contributed by atoms with E-state index >= 15 is 0 Å². The lowest BCUT2D eigenvalue weighted by atomic mass is 10.2. The van der Waals surface area contributed by atoms with E-state index in [0.717, 1.165) is 0 Å². The Balaban J connectivity index is 4.04. The number of hydrogen-bond donors (Lipinski definition) is 1. The van der Waals surface area contributed by atoms with Crippen molar-refractivity contribution in [2.75, 3.05) is 26.9 Å². The summed E-state index contributed by atoms with van der Waals surface area (Å²) in [5, 5.41) is 3.18. The van der Waals surface area contributed by atoms with Crippen LogP contribution in [0.1, 0.15) is 34.1 Å². The number of carbonyl (C=O) groups excluding carboxylic acids is 1. The lowest BCUT2D eigenvalue weighted by Gasteiger charge is -2.20. The van der Waals surface area contributed by atoms with Crippen LogP contribution in [-0.2, 0) is 19.0 Å². The van der Waals surface area contributed by atoms with Crippen LogP contribution in [0.15, 0.2) is 0 Å². The maximum Gasteiger partial charge on any atom is 0.323 e. The number of methoxy groups -OCH3 is 1. The number of nitrogens with one attached hydrogen (secondary N) is 1. The SMILES string of the molecule is CCOC(=O)C(CCOC(C)COC)NC(C)C.